The summed E-state index contributed by atoms with van der Waals surface area (Å²) in [5.41, 5.74) is 2.69. The Morgan fingerprint density at radius 3 is 2.52 bits per heavy atom. The van der Waals surface area contributed by atoms with Crippen molar-refractivity contribution in [1.29, 1.82) is 0 Å². The van der Waals surface area contributed by atoms with Gasteiger partial charge in [-0.2, -0.15) is 0 Å². The number of benzene rings is 2. The van der Waals surface area contributed by atoms with E-state index < -0.39 is 0 Å². The Bertz CT molecular complexity index is 1130. The van der Waals surface area contributed by atoms with Crippen LogP contribution in [0.3, 0.4) is 0 Å². The number of nitrogens with zero attached hydrogens (tertiary/aromatic N) is 2. The summed E-state index contributed by atoms with van der Waals surface area (Å²) in [4.78, 5) is 15.2. The Morgan fingerprint density at radius 1 is 1.03 bits per heavy atom. The van der Waals surface area contributed by atoms with E-state index in [1.54, 1.807) is 13.2 Å². The van der Waals surface area contributed by atoms with E-state index in [9.17, 15) is 4.79 Å². The summed E-state index contributed by atoms with van der Waals surface area (Å²) in [5.74, 6) is 0.792. The van der Waals surface area contributed by atoms with Gasteiger partial charge in [-0.05, 0) is 73.3 Å². The molecular weight excluding hydrogens is 408 g/mol. The molecule has 33 heavy (non-hydrogen) atoms. The highest BCUT2D eigenvalue weighted by Crippen LogP contribution is 2.39. The molecule has 0 N–H and O–H groups in total. The molecule has 2 aromatic carbocycles. The molecule has 4 rings (SSSR count). The second-order valence-electron chi connectivity index (χ2n) is 9.32. The smallest absolute Gasteiger partial charge is 0.251 e. The molecule has 0 amide bonds. The van der Waals surface area contributed by atoms with Crippen LogP contribution in [0.25, 0.3) is 17.0 Å². The average Bonchev–Trinajstić information content (AvgIpc) is 2.86. The third kappa shape index (κ3) is 5.75. The number of piperidine rings is 1. The van der Waals surface area contributed by atoms with Crippen molar-refractivity contribution in [2.75, 3.05) is 26.7 Å². The molecule has 174 valence electrons. The van der Waals surface area contributed by atoms with E-state index in [-0.39, 0.29) is 5.56 Å². The summed E-state index contributed by atoms with van der Waals surface area (Å²) < 4.78 is 7.31. The van der Waals surface area contributed by atoms with Gasteiger partial charge in [0.2, 0.25) is 0 Å². The topological polar surface area (TPSA) is 34.5 Å². The largest absolute Gasteiger partial charge is 0.497 e. The van der Waals surface area contributed by atoms with Crippen molar-refractivity contribution >= 4 is 17.0 Å². The Balaban J connectivity index is 1.33. The van der Waals surface area contributed by atoms with Crippen molar-refractivity contribution in [3.63, 3.8) is 0 Å². The molecule has 1 aliphatic rings. The summed E-state index contributed by atoms with van der Waals surface area (Å²) >= 11 is 0. The van der Waals surface area contributed by atoms with Crippen molar-refractivity contribution in [3.8, 4) is 5.75 Å². The van der Waals surface area contributed by atoms with Crippen LogP contribution < -0.4 is 10.3 Å². The van der Waals surface area contributed by atoms with Gasteiger partial charge in [0.15, 0.2) is 0 Å². The first kappa shape index (κ1) is 23.3. The Hall–Kier alpha value is -2.85. The minimum Gasteiger partial charge on any atom is -0.497 e. The van der Waals surface area contributed by atoms with Gasteiger partial charge < -0.3 is 9.30 Å². The molecule has 1 aliphatic heterocycles. The van der Waals surface area contributed by atoms with Gasteiger partial charge in [0.05, 0.1) is 12.6 Å². The highest BCUT2D eigenvalue weighted by atomic mass is 16.5. The number of methoxy groups -OCH3 is 1. The lowest BCUT2D eigenvalue weighted by Crippen LogP contribution is -2.40. The minimum atomic E-state index is 0.0707. The molecule has 1 fully saturated rings. The first-order valence-corrected chi connectivity index (χ1v) is 12.2. The van der Waals surface area contributed by atoms with Crippen LogP contribution in [0.1, 0.15) is 44.6 Å². The maximum atomic E-state index is 12.6. The fourth-order valence-electron chi connectivity index (χ4n) is 5.13. The second-order valence-corrected chi connectivity index (χ2v) is 9.32. The fourth-order valence-corrected chi connectivity index (χ4v) is 5.13. The van der Waals surface area contributed by atoms with E-state index >= 15 is 0 Å². The van der Waals surface area contributed by atoms with Gasteiger partial charge in [0, 0.05) is 25.2 Å². The second kappa shape index (κ2) is 10.8. The predicted octanol–water partition coefficient (Wildman–Crippen LogP) is 6.00. The molecule has 0 aliphatic carbocycles. The van der Waals surface area contributed by atoms with Crippen molar-refractivity contribution in [1.82, 2.24) is 9.47 Å². The number of rotatable bonds is 9. The third-order valence-corrected chi connectivity index (χ3v) is 7.43. The fraction of sp³-hybridized carbons (Fsp3) is 0.414. The van der Waals surface area contributed by atoms with Crippen LogP contribution in [0.4, 0.5) is 0 Å². The van der Waals surface area contributed by atoms with Gasteiger partial charge in [-0.15, -0.1) is 0 Å². The zero-order valence-corrected chi connectivity index (χ0v) is 20.0. The van der Waals surface area contributed by atoms with Crippen LogP contribution in [0.15, 0.2) is 71.5 Å². The molecule has 0 spiro atoms. The van der Waals surface area contributed by atoms with Crippen LogP contribution in [0.2, 0.25) is 0 Å². The zero-order valence-electron chi connectivity index (χ0n) is 20.0. The highest BCUT2D eigenvalue weighted by Gasteiger charge is 2.32. The standard InChI is InChI=1S/C29H36N2O2/c1-3-29(17-21-30(22-18-29)19-7-11-24-9-5-4-6-10-24)16-8-20-31-27-23-26(33-2)14-12-25(27)13-15-28(31)32/h4-7,9-15,23H,3,8,16-22H2,1-2H3/b11-7+. The van der Waals surface area contributed by atoms with Crippen molar-refractivity contribution in [3.05, 3.63) is 82.7 Å². The van der Waals surface area contributed by atoms with E-state index in [4.69, 9.17) is 4.74 Å². The normalized spacial score (nSPS) is 16.4. The number of hydrogen-bond acceptors (Lipinski definition) is 3. The summed E-state index contributed by atoms with van der Waals surface area (Å²) in [5, 5.41) is 1.08. The van der Waals surface area contributed by atoms with Gasteiger partial charge in [0.25, 0.3) is 5.56 Å². The summed E-state index contributed by atoms with van der Waals surface area (Å²) in [7, 11) is 1.67. The molecule has 1 aromatic heterocycles. The molecule has 4 nitrogen and oxygen atoms in total. The first-order valence-electron chi connectivity index (χ1n) is 12.2. The van der Waals surface area contributed by atoms with Crippen molar-refractivity contribution < 1.29 is 4.74 Å². The van der Waals surface area contributed by atoms with Crippen molar-refractivity contribution in [2.24, 2.45) is 5.41 Å². The first-order chi connectivity index (χ1) is 16.1. The van der Waals surface area contributed by atoms with Gasteiger partial charge in [-0.1, -0.05) is 55.8 Å². The lowest BCUT2D eigenvalue weighted by molar-refractivity contribution is 0.0953. The molecule has 1 saturated heterocycles. The average molecular weight is 445 g/mol. The molecule has 0 saturated carbocycles. The maximum absolute atomic E-state index is 12.6. The highest BCUT2D eigenvalue weighted by molar-refractivity contribution is 5.80. The number of ether oxygens (including phenoxy) is 1. The third-order valence-electron chi connectivity index (χ3n) is 7.43. The van der Waals surface area contributed by atoms with Crippen LogP contribution >= 0.6 is 0 Å². The zero-order chi connectivity index (χ0) is 23.1. The van der Waals surface area contributed by atoms with Crippen LogP contribution in [-0.2, 0) is 6.54 Å². The monoisotopic (exact) mass is 444 g/mol. The quantitative estimate of drug-likeness (QED) is 0.406. The summed E-state index contributed by atoms with van der Waals surface area (Å²) in [6, 6.07) is 20.1. The number of aromatic nitrogens is 1. The molecule has 0 bridgehead atoms. The lowest BCUT2D eigenvalue weighted by Gasteiger charge is -2.41. The van der Waals surface area contributed by atoms with Crippen LogP contribution in [0.5, 0.6) is 5.75 Å². The summed E-state index contributed by atoms with van der Waals surface area (Å²) in [6.07, 6.45) is 10.4. The minimum absolute atomic E-state index is 0.0707. The number of likely N-dealkylation sites (tertiary alicyclic amines) is 1. The van der Waals surface area contributed by atoms with Gasteiger partial charge in [-0.3, -0.25) is 9.69 Å². The van der Waals surface area contributed by atoms with E-state index in [0.717, 1.165) is 49.3 Å². The van der Waals surface area contributed by atoms with E-state index in [1.165, 1.54) is 31.2 Å². The van der Waals surface area contributed by atoms with E-state index in [2.05, 4.69) is 54.3 Å². The van der Waals surface area contributed by atoms with E-state index in [1.807, 2.05) is 28.8 Å². The Kier molecular flexibility index (Phi) is 7.66. The number of pyridine rings is 1. The number of hydrogen-bond donors (Lipinski definition) is 0. The van der Waals surface area contributed by atoms with Crippen LogP contribution in [-0.4, -0.2) is 36.2 Å². The molecule has 4 heteroatoms. The summed E-state index contributed by atoms with van der Waals surface area (Å²) in [6.45, 7) is 6.41. The molecule has 2 heterocycles. The van der Waals surface area contributed by atoms with Crippen LogP contribution in [0, 0.1) is 5.41 Å². The molecule has 0 radical (unpaired) electrons. The number of fused-ring (bicyclic) bond motifs is 1. The molecule has 0 unspecified atom stereocenters. The molecule has 3 aromatic rings. The lowest BCUT2D eigenvalue weighted by atomic mass is 9.73. The van der Waals surface area contributed by atoms with E-state index in [0.29, 0.717) is 5.41 Å². The Morgan fingerprint density at radius 2 is 1.79 bits per heavy atom. The van der Waals surface area contributed by atoms with Gasteiger partial charge >= 0.3 is 0 Å². The number of aryl methyl sites for hydroxylation is 1. The Labute approximate surface area is 197 Å². The molecule has 0 atom stereocenters. The van der Waals surface area contributed by atoms with Crippen molar-refractivity contribution in [2.45, 2.75) is 45.6 Å². The SMILES string of the molecule is CCC1(CCCn2c(=O)ccc3ccc(OC)cc32)CCN(C/C=C/c2ccccc2)CC1. The van der Waals surface area contributed by atoms with Gasteiger partial charge in [-0.25, -0.2) is 0 Å². The molecular formula is C29H36N2O2. The predicted molar refractivity (Wildman–Crippen MR) is 138 cm³/mol. The van der Waals surface area contributed by atoms with Gasteiger partial charge in [0.1, 0.15) is 5.75 Å². The maximum Gasteiger partial charge on any atom is 0.251 e.